The fraction of sp³-hybridized carbons (Fsp3) is 0.333. The van der Waals surface area contributed by atoms with Gasteiger partial charge >= 0.3 is 0 Å². The number of hydrogen-bond acceptors (Lipinski definition) is 8. The minimum Gasteiger partial charge on any atom is -0.508 e. The maximum absolute atomic E-state index is 12.9. The Morgan fingerprint density at radius 3 is 1.62 bits per heavy atom. The second-order valence-electron chi connectivity index (χ2n) is 9.78. The maximum Gasteiger partial charge on any atom is 0.211 e. The van der Waals surface area contributed by atoms with E-state index in [1.165, 1.54) is 12.1 Å². The summed E-state index contributed by atoms with van der Waals surface area (Å²) in [5, 5.41) is 28.1. The Balaban J connectivity index is 0.000000229. The highest BCUT2D eigenvalue weighted by molar-refractivity contribution is 14.0. The van der Waals surface area contributed by atoms with Crippen LogP contribution in [-0.4, -0.2) is 54.6 Å². The first-order valence-electron chi connectivity index (χ1n) is 13.8. The van der Waals surface area contributed by atoms with E-state index in [9.17, 15) is 19.8 Å². The van der Waals surface area contributed by atoms with E-state index < -0.39 is 0 Å². The van der Waals surface area contributed by atoms with Crippen molar-refractivity contribution in [2.45, 2.75) is 53.0 Å². The smallest absolute Gasteiger partial charge is 0.211 e. The summed E-state index contributed by atoms with van der Waals surface area (Å²) < 4.78 is 15.4. The van der Waals surface area contributed by atoms with Gasteiger partial charge in [-0.25, -0.2) is 0 Å². The molecule has 0 radical (unpaired) electrons. The summed E-state index contributed by atoms with van der Waals surface area (Å²) >= 11 is 12.0. The standard InChI is InChI=1S/C15H14Br2N2O3.C15H16N2O3.Br2.HI/c1-2-19-13(9-7-22-4-3-12(9)18-19)14(20)8-5-10(16)15(21)11(17)6-8;1-2-17-14(12-9-20-8-7-13(12)16-17)15(19)10-3-5-11(18)6-4-10;1-2;/h5-6,21H,2-4,7H2,1H3;3-6,18H,2,7-9H2,1H3;;1H. The van der Waals surface area contributed by atoms with Crippen LogP contribution < -0.4 is 0 Å². The molecule has 0 saturated heterocycles. The van der Waals surface area contributed by atoms with Crippen molar-refractivity contribution in [2.24, 2.45) is 0 Å². The first-order chi connectivity index (χ1) is 21.2. The van der Waals surface area contributed by atoms with Crippen LogP contribution in [-0.2, 0) is 48.6 Å². The molecule has 10 nitrogen and oxygen atoms in total. The summed E-state index contributed by atoms with van der Waals surface area (Å²) in [6, 6.07) is 9.52. The van der Waals surface area contributed by atoms with Crippen molar-refractivity contribution in [3.63, 3.8) is 0 Å². The lowest BCUT2D eigenvalue weighted by Gasteiger charge is -2.12. The maximum atomic E-state index is 12.9. The quantitative estimate of drug-likeness (QED) is 0.149. The van der Waals surface area contributed by atoms with Gasteiger partial charge in [0.15, 0.2) is 0 Å². The van der Waals surface area contributed by atoms with E-state index in [0.29, 0.717) is 71.0 Å². The normalized spacial score (nSPS) is 13.2. The summed E-state index contributed by atoms with van der Waals surface area (Å²) in [5.74, 6) is 0.0235. The molecule has 4 aromatic rings. The lowest BCUT2D eigenvalue weighted by molar-refractivity contribution is 0.0987. The molecule has 0 amide bonds. The molecule has 2 aromatic heterocycles. The fourth-order valence-electron chi connectivity index (χ4n) is 5.04. The average Bonchev–Trinajstić information content (AvgIpc) is 3.62. The van der Waals surface area contributed by atoms with Gasteiger partial charge in [-0.3, -0.25) is 19.0 Å². The van der Waals surface area contributed by atoms with E-state index in [2.05, 4.69) is 70.3 Å². The highest BCUT2D eigenvalue weighted by Crippen LogP contribution is 2.35. The van der Waals surface area contributed by atoms with Crippen LogP contribution in [0.2, 0.25) is 0 Å². The molecule has 45 heavy (non-hydrogen) atoms. The Morgan fingerprint density at radius 2 is 1.20 bits per heavy atom. The van der Waals surface area contributed by atoms with Crippen molar-refractivity contribution in [3.05, 3.63) is 90.4 Å². The van der Waals surface area contributed by atoms with Crippen LogP contribution in [0.3, 0.4) is 0 Å². The fourth-order valence-corrected chi connectivity index (χ4v) is 6.22. The average molecular weight is 990 g/mol. The Bertz CT molecular complexity index is 1640. The second-order valence-corrected chi connectivity index (χ2v) is 11.5. The molecule has 2 aliphatic heterocycles. The van der Waals surface area contributed by atoms with Crippen LogP contribution in [0.4, 0.5) is 0 Å². The van der Waals surface area contributed by atoms with Crippen LogP contribution in [0.15, 0.2) is 45.3 Å². The number of benzene rings is 2. The molecule has 2 aromatic carbocycles. The zero-order valence-electron chi connectivity index (χ0n) is 24.4. The van der Waals surface area contributed by atoms with Crippen molar-refractivity contribution in [1.29, 1.82) is 0 Å². The van der Waals surface area contributed by atoms with E-state index in [4.69, 9.17) is 9.47 Å². The predicted molar refractivity (Wildman–Crippen MR) is 194 cm³/mol. The van der Waals surface area contributed by atoms with Gasteiger partial charge in [0.05, 0.1) is 46.8 Å². The van der Waals surface area contributed by atoms with Gasteiger partial charge in [-0.15, -0.1) is 24.0 Å². The van der Waals surface area contributed by atoms with Crippen molar-refractivity contribution < 1.29 is 29.3 Å². The third-order valence-corrected chi connectivity index (χ3v) is 8.37. The van der Waals surface area contributed by atoms with Gasteiger partial charge in [-0.05, 0) is 82.1 Å². The lowest BCUT2D eigenvalue weighted by atomic mass is 10.0. The number of carbonyl (C=O) groups is 2. The third kappa shape index (κ3) is 8.46. The first-order valence-corrected chi connectivity index (χ1v) is 19.1. The number of fused-ring (bicyclic) bond motifs is 2. The molecular weight excluding hydrogens is 959 g/mol. The zero-order chi connectivity index (χ0) is 32.0. The number of aromatic hydroxyl groups is 2. The number of rotatable bonds is 6. The number of aryl methyl sites for hydroxylation is 2. The Morgan fingerprint density at radius 1 is 0.778 bits per heavy atom. The molecule has 2 N–H and O–H groups in total. The SMILES string of the molecule is BrBr.CCn1nc2c(c1C(=O)c1cc(Br)c(O)c(Br)c1)COCC2.CCn1nc2c(c1C(=O)c1ccc(O)cc1)COCC2.I. The zero-order valence-corrected chi connectivity index (χ0v) is 33.0. The van der Waals surface area contributed by atoms with Crippen molar-refractivity contribution in [1.82, 2.24) is 19.6 Å². The van der Waals surface area contributed by atoms with Crippen molar-refractivity contribution in [3.8, 4) is 11.5 Å². The highest BCUT2D eigenvalue weighted by Gasteiger charge is 2.27. The molecule has 6 rings (SSSR count). The molecule has 0 saturated carbocycles. The molecule has 0 spiro atoms. The van der Waals surface area contributed by atoms with E-state index in [1.807, 2.05) is 13.8 Å². The van der Waals surface area contributed by atoms with E-state index in [0.717, 1.165) is 35.4 Å². The predicted octanol–water partition coefficient (Wildman–Crippen LogP) is 7.66. The topological polar surface area (TPSA) is 129 Å². The van der Waals surface area contributed by atoms with Crippen LogP contribution in [0.1, 0.15) is 68.5 Å². The van der Waals surface area contributed by atoms with Crippen LogP contribution in [0.25, 0.3) is 0 Å². The number of carbonyl (C=O) groups excluding carboxylic acids is 2. The van der Waals surface area contributed by atoms with Gasteiger partial charge in [0.1, 0.15) is 22.9 Å². The van der Waals surface area contributed by atoms with Crippen molar-refractivity contribution in [2.75, 3.05) is 13.2 Å². The molecule has 0 aliphatic carbocycles. The number of phenolic OH excluding ortho intramolecular Hbond substituents is 2. The molecule has 242 valence electrons. The monoisotopic (exact) mass is 986 g/mol. The van der Waals surface area contributed by atoms with E-state index in [-0.39, 0.29) is 47.0 Å². The molecule has 0 bridgehead atoms. The summed E-state index contributed by atoms with van der Waals surface area (Å²) in [7, 11) is 0. The number of aromatic nitrogens is 4. The lowest BCUT2D eigenvalue weighted by Crippen LogP contribution is -2.14. The van der Waals surface area contributed by atoms with E-state index >= 15 is 0 Å². The number of phenols is 2. The minimum absolute atomic E-state index is 0. The Kier molecular flexibility index (Phi) is 14.7. The summed E-state index contributed by atoms with van der Waals surface area (Å²) in [6.45, 7) is 7.33. The van der Waals surface area contributed by atoms with E-state index in [1.54, 1.807) is 33.6 Å². The molecule has 2 aliphatic rings. The van der Waals surface area contributed by atoms with Gasteiger partial charge in [0.25, 0.3) is 0 Å². The summed E-state index contributed by atoms with van der Waals surface area (Å²) in [4.78, 5) is 25.6. The van der Waals surface area contributed by atoms with Crippen LogP contribution in [0.5, 0.6) is 11.5 Å². The number of ether oxygens (including phenoxy) is 2. The Labute approximate surface area is 310 Å². The Hall–Kier alpha value is -1.63. The molecule has 0 atom stereocenters. The van der Waals surface area contributed by atoms with Crippen molar-refractivity contribution >= 4 is 95.7 Å². The molecule has 0 unspecified atom stereocenters. The number of nitrogens with zero attached hydrogens (tertiary/aromatic N) is 4. The highest BCUT2D eigenvalue weighted by atomic mass is 127. The third-order valence-electron chi connectivity index (χ3n) is 7.16. The molecular formula is C30H31Br4IN4O6. The van der Waals surface area contributed by atoms with Crippen LogP contribution in [0, 0.1) is 0 Å². The molecule has 15 heteroatoms. The molecule has 4 heterocycles. The first kappa shape index (κ1) is 37.8. The van der Waals surface area contributed by atoms with Gasteiger partial charge < -0.3 is 19.7 Å². The van der Waals surface area contributed by atoms with Gasteiger partial charge in [-0.1, -0.05) is 0 Å². The number of hydrogen-bond donors (Lipinski definition) is 2. The summed E-state index contributed by atoms with van der Waals surface area (Å²) in [6.07, 6.45) is 1.48. The number of ketones is 2. The van der Waals surface area contributed by atoms with Gasteiger partial charge in [0.2, 0.25) is 11.6 Å². The van der Waals surface area contributed by atoms with Gasteiger partial charge in [-0.2, -0.15) is 10.2 Å². The van der Waals surface area contributed by atoms with Crippen LogP contribution >= 0.6 is 84.1 Å². The number of halogens is 5. The second kappa shape index (κ2) is 17.5. The minimum atomic E-state index is -0.123. The largest absolute Gasteiger partial charge is 0.508 e. The molecule has 0 fully saturated rings. The van der Waals surface area contributed by atoms with Gasteiger partial charge in [0, 0.05) is 76.4 Å². The summed E-state index contributed by atoms with van der Waals surface area (Å²) in [5.41, 5.74) is 5.88.